The fourth-order valence-electron chi connectivity index (χ4n) is 1.88. The van der Waals surface area contributed by atoms with E-state index in [1.54, 1.807) is 4.90 Å². The lowest BCUT2D eigenvalue weighted by Gasteiger charge is -2.25. The molecular weight excluding hydrogens is 202 g/mol. The topological polar surface area (TPSA) is 29.5 Å². The van der Waals surface area contributed by atoms with Crippen LogP contribution in [-0.2, 0) is 4.74 Å². The first-order valence-electron chi connectivity index (χ1n) is 5.96. The molecule has 1 aliphatic rings. The average Bonchev–Trinajstić information content (AvgIpc) is 2.62. The second kappa shape index (κ2) is 5.76. The first-order chi connectivity index (χ1) is 7.61. The summed E-state index contributed by atoms with van der Waals surface area (Å²) < 4.78 is 5.10. The summed E-state index contributed by atoms with van der Waals surface area (Å²) in [5.74, 6) is 0.386. The Morgan fingerprint density at radius 2 is 2.38 bits per heavy atom. The Kier molecular flexibility index (Phi) is 4.63. The molecule has 1 aliphatic heterocycles. The van der Waals surface area contributed by atoms with Gasteiger partial charge in [0, 0.05) is 0 Å². The van der Waals surface area contributed by atoms with Crippen LogP contribution < -0.4 is 0 Å². The number of amides is 1. The summed E-state index contributed by atoms with van der Waals surface area (Å²) in [5, 5.41) is 0. The van der Waals surface area contributed by atoms with E-state index in [0.717, 1.165) is 25.0 Å². The first kappa shape index (κ1) is 12.9. The maximum atomic E-state index is 11.7. The van der Waals surface area contributed by atoms with E-state index < -0.39 is 0 Å². The molecule has 0 radical (unpaired) electrons. The normalized spacial score (nSPS) is 19.9. The van der Waals surface area contributed by atoms with Crippen molar-refractivity contribution in [2.45, 2.75) is 46.1 Å². The lowest BCUT2D eigenvalue weighted by molar-refractivity contribution is 0.163. The van der Waals surface area contributed by atoms with Crippen LogP contribution in [0.15, 0.2) is 18.0 Å². The van der Waals surface area contributed by atoms with Crippen molar-refractivity contribution in [3.8, 4) is 0 Å². The SMILES string of the molecule is C=C=C(CCCC)N1C(=O)OC[C@@H]1C(C)C. The fourth-order valence-corrected chi connectivity index (χ4v) is 1.88. The summed E-state index contributed by atoms with van der Waals surface area (Å²) >= 11 is 0. The van der Waals surface area contributed by atoms with E-state index in [4.69, 9.17) is 4.74 Å². The molecule has 16 heavy (non-hydrogen) atoms. The fraction of sp³-hybridized carbons (Fsp3) is 0.692. The van der Waals surface area contributed by atoms with Gasteiger partial charge in [0.25, 0.3) is 0 Å². The van der Waals surface area contributed by atoms with Gasteiger partial charge in [-0.15, -0.1) is 5.73 Å². The number of rotatable bonds is 5. The number of cyclic esters (lactones) is 1. The van der Waals surface area contributed by atoms with Gasteiger partial charge in [0.15, 0.2) is 0 Å². The molecule has 1 heterocycles. The molecular formula is C13H21NO2. The van der Waals surface area contributed by atoms with Gasteiger partial charge >= 0.3 is 6.09 Å². The molecule has 0 aromatic heterocycles. The molecule has 1 amide bonds. The summed E-state index contributed by atoms with van der Waals surface area (Å²) in [6, 6.07) is 0.133. The van der Waals surface area contributed by atoms with E-state index in [1.807, 2.05) is 0 Å². The monoisotopic (exact) mass is 223 g/mol. The molecule has 0 unspecified atom stereocenters. The number of nitrogens with zero attached hydrogens (tertiary/aromatic N) is 1. The van der Waals surface area contributed by atoms with E-state index in [1.165, 1.54) is 0 Å². The van der Waals surface area contributed by atoms with Gasteiger partial charge < -0.3 is 4.74 Å². The molecule has 1 fully saturated rings. The average molecular weight is 223 g/mol. The number of allylic oxidation sites excluding steroid dienone is 1. The van der Waals surface area contributed by atoms with Crippen LogP contribution in [0, 0.1) is 5.92 Å². The molecule has 1 rings (SSSR count). The van der Waals surface area contributed by atoms with Crippen molar-refractivity contribution in [2.75, 3.05) is 6.61 Å². The van der Waals surface area contributed by atoms with Crippen molar-refractivity contribution in [1.29, 1.82) is 0 Å². The highest BCUT2D eigenvalue weighted by Crippen LogP contribution is 2.26. The Hall–Kier alpha value is -1.21. The van der Waals surface area contributed by atoms with Crippen molar-refractivity contribution in [3.63, 3.8) is 0 Å². The predicted molar refractivity (Wildman–Crippen MR) is 64.0 cm³/mol. The minimum absolute atomic E-state index is 0.133. The van der Waals surface area contributed by atoms with Crippen molar-refractivity contribution < 1.29 is 9.53 Å². The molecule has 0 spiro atoms. The zero-order valence-electron chi connectivity index (χ0n) is 10.5. The molecule has 1 saturated heterocycles. The van der Waals surface area contributed by atoms with Gasteiger partial charge in [-0.25, -0.2) is 4.79 Å². The third-order valence-corrected chi connectivity index (χ3v) is 2.94. The first-order valence-corrected chi connectivity index (χ1v) is 5.96. The van der Waals surface area contributed by atoms with Crippen LogP contribution >= 0.6 is 0 Å². The minimum atomic E-state index is -0.249. The molecule has 0 N–H and O–H groups in total. The van der Waals surface area contributed by atoms with Crippen molar-refractivity contribution in [3.05, 3.63) is 18.0 Å². The lowest BCUT2D eigenvalue weighted by atomic mass is 10.0. The Morgan fingerprint density at radius 3 is 2.88 bits per heavy atom. The van der Waals surface area contributed by atoms with Crippen LogP contribution in [0.2, 0.25) is 0 Å². The summed E-state index contributed by atoms with van der Waals surface area (Å²) in [6.45, 7) is 10.5. The molecule has 0 aliphatic carbocycles. The van der Waals surface area contributed by atoms with Gasteiger partial charge in [-0.05, 0) is 18.8 Å². The maximum absolute atomic E-state index is 11.7. The van der Waals surface area contributed by atoms with E-state index >= 15 is 0 Å². The third kappa shape index (κ3) is 2.67. The Labute approximate surface area is 97.8 Å². The molecule has 0 aromatic carbocycles. The highest BCUT2D eigenvalue weighted by molar-refractivity contribution is 5.72. The number of hydrogen-bond acceptors (Lipinski definition) is 2. The van der Waals surface area contributed by atoms with Crippen LogP contribution in [0.25, 0.3) is 0 Å². The second-order valence-corrected chi connectivity index (χ2v) is 4.49. The zero-order chi connectivity index (χ0) is 12.1. The largest absolute Gasteiger partial charge is 0.447 e. The zero-order valence-corrected chi connectivity index (χ0v) is 10.5. The molecule has 3 nitrogen and oxygen atoms in total. The Bertz CT molecular complexity index is 303. The summed E-state index contributed by atoms with van der Waals surface area (Å²) in [4.78, 5) is 13.4. The summed E-state index contributed by atoms with van der Waals surface area (Å²) in [5.41, 5.74) is 3.76. The second-order valence-electron chi connectivity index (χ2n) is 4.49. The summed E-state index contributed by atoms with van der Waals surface area (Å²) in [6.07, 6.45) is 2.74. The van der Waals surface area contributed by atoms with E-state index in [0.29, 0.717) is 12.5 Å². The van der Waals surface area contributed by atoms with Crippen molar-refractivity contribution in [2.24, 2.45) is 5.92 Å². The van der Waals surface area contributed by atoms with Crippen LogP contribution in [0.3, 0.4) is 0 Å². The highest BCUT2D eigenvalue weighted by atomic mass is 16.6. The Morgan fingerprint density at radius 1 is 1.69 bits per heavy atom. The van der Waals surface area contributed by atoms with Crippen LogP contribution in [-0.4, -0.2) is 23.6 Å². The Balaban J connectivity index is 2.81. The predicted octanol–water partition coefficient (Wildman–Crippen LogP) is 3.32. The van der Waals surface area contributed by atoms with E-state index in [2.05, 4.69) is 33.1 Å². The quantitative estimate of drug-likeness (QED) is 0.669. The molecule has 3 heteroatoms. The number of hydrogen-bond donors (Lipinski definition) is 0. The van der Waals surface area contributed by atoms with Crippen LogP contribution in [0.5, 0.6) is 0 Å². The number of ether oxygens (including phenoxy) is 1. The van der Waals surface area contributed by atoms with E-state index in [-0.39, 0.29) is 12.1 Å². The van der Waals surface area contributed by atoms with Gasteiger partial charge in [0.05, 0.1) is 11.7 Å². The molecule has 0 bridgehead atoms. The smallest absolute Gasteiger partial charge is 0.414 e. The molecule has 1 atom stereocenters. The number of carbonyl (C=O) groups excluding carboxylic acids is 1. The van der Waals surface area contributed by atoms with E-state index in [9.17, 15) is 4.79 Å². The van der Waals surface area contributed by atoms with Crippen LogP contribution in [0.1, 0.15) is 40.0 Å². The maximum Gasteiger partial charge on any atom is 0.414 e. The number of carbonyl (C=O) groups is 1. The van der Waals surface area contributed by atoms with Crippen molar-refractivity contribution >= 4 is 6.09 Å². The van der Waals surface area contributed by atoms with Gasteiger partial charge in [-0.2, -0.15) is 0 Å². The van der Waals surface area contributed by atoms with Gasteiger partial charge in [0.1, 0.15) is 6.61 Å². The standard InChI is InChI=1S/C13H21NO2/c1-5-7-8-11(6-2)14-12(10(3)4)9-16-13(14)15/h10,12H,2,5,7-9H2,1,3-4H3/t12-/m1/s1. The van der Waals surface area contributed by atoms with Crippen LogP contribution in [0.4, 0.5) is 4.79 Å². The molecule has 0 aromatic rings. The van der Waals surface area contributed by atoms with Gasteiger partial charge in [-0.1, -0.05) is 33.8 Å². The molecule has 90 valence electrons. The summed E-state index contributed by atoms with van der Waals surface area (Å²) in [7, 11) is 0. The number of unbranched alkanes of at least 4 members (excludes halogenated alkanes) is 1. The minimum Gasteiger partial charge on any atom is -0.447 e. The van der Waals surface area contributed by atoms with Crippen molar-refractivity contribution in [1.82, 2.24) is 4.90 Å². The lowest BCUT2D eigenvalue weighted by Crippen LogP contribution is -2.36. The highest BCUT2D eigenvalue weighted by Gasteiger charge is 2.36. The van der Waals surface area contributed by atoms with Gasteiger partial charge in [0.2, 0.25) is 0 Å². The third-order valence-electron chi connectivity index (χ3n) is 2.94. The van der Waals surface area contributed by atoms with Gasteiger partial charge in [-0.3, -0.25) is 4.90 Å². The molecule has 0 saturated carbocycles.